The van der Waals surface area contributed by atoms with Gasteiger partial charge in [-0.3, -0.25) is 4.99 Å². The summed E-state index contributed by atoms with van der Waals surface area (Å²) in [6, 6.07) is 9.54. The van der Waals surface area contributed by atoms with Gasteiger partial charge in [0.1, 0.15) is 5.75 Å². The van der Waals surface area contributed by atoms with E-state index in [2.05, 4.69) is 21.6 Å². The third-order valence-electron chi connectivity index (χ3n) is 5.96. The van der Waals surface area contributed by atoms with E-state index in [1.807, 2.05) is 24.3 Å². The van der Waals surface area contributed by atoms with Crippen LogP contribution in [0.3, 0.4) is 0 Å². The Morgan fingerprint density at radius 1 is 1.20 bits per heavy atom. The fourth-order valence-electron chi connectivity index (χ4n) is 4.49. The smallest absolute Gasteiger partial charge is 0.121 e. The number of rotatable bonds is 3. The summed E-state index contributed by atoms with van der Waals surface area (Å²) in [4.78, 5) is 8.23. The number of nitrogens with zero attached hydrogens (tertiary/aromatic N) is 3. The molecule has 0 saturated heterocycles. The number of benzene rings is 1. The lowest BCUT2D eigenvalue weighted by Gasteiger charge is -2.30. The molecule has 7 heteroatoms. The van der Waals surface area contributed by atoms with Crippen LogP contribution in [0.25, 0.3) is 6.08 Å². The zero-order valence-electron chi connectivity index (χ0n) is 16.5. The standard InChI is InChI=1S/C23H22ClN5O/c24-16-8-9-26-22-19-13-27-29-21(23(19)28-20(22)11-16)15-4-6-17(7-5-15)30-18-3-1-2-14(10-18)12-25/h1-3,8,10-11,15,17,27-28H,4-7,9,13H2. The third-order valence-corrected chi connectivity index (χ3v) is 6.22. The SMILES string of the molecule is N#Cc1cccc(OC2CCC(C3=NNCc4c3[nH]c3c4=NCC=C(Cl)C=3)CC2)c1. The predicted molar refractivity (Wildman–Crippen MR) is 116 cm³/mol. The molecule has 3 heterocycles. The van der Waals surface area contributed by atoms with E-state index < -0.39 is 0 Å². The van der Waals surface area contributed by atoms with Crippen LogP contribution in [0.4, 0.5) is 0 Å². The first-order chi connectivity index (χ1) is 14.7. The number of halogens is 1. The largest absolute Gasteiger partial charge is 0.490 e. The molecular weight excluding hydrogens is 398 g/mol. The van der Waals surface area contributed by atoms with Crippen molar-refractivity contribution in [3.8, 4) is 11.8 Å². The van der Waals surface area contributed by atoms with E-state index in [-0.39, 0.29) is 6.10 Å². The van der Waals surface area contributed by atoms with E-state index in [1.165, 1.54) is 5.56 Å². The zero-order chi connectivity index (χ0) is 20.5. The summed E-state index contributed by atoms with van der Waals surface area (Å²) in [5.74, 6) is 1.14. The van der Waals surface area contributed by atoms with Gasteiger partial charge in [-0.25, -0.2) is 0 Å². The zero-order valence-corrected chi connectivity index (χ0v) is 17.2. The molecule has 1 fully saturated rings. The van der Waals surface area contributed by atoms with Crippen molar-refractivity contribution in [2.45, 2.75) is 38.3 Å². The number of aromatic nitrogens is 1. The lowest BCUT2D eigenvalue weighted by molar-refractivity contribution is 0.144. The highest BCUT2D eigenvalue weighted by Crippen LogP contribution is 2.31. The van der Waals surface area contributed by atoms with Crippen LogP contribution in [0, 0.1) is 17.2 Å². The van der Waals surface area contributed by atoms with Crippen molar-refractivity contribution in [2.75, 3.05) is 6.54 Å². The average Bonchev–Trinajstić information content (AvgIpc) is 3.00. The molecule has 5 rings (SSSR count). The average molecular weight is 420 g/mol. The number of hydrogen-bond acceptors (Lipinski definition) is 5. The van der Waals surface area contributed by atoms with Crippen LogP contribution in [0.15, 0.2) is 45.5 Å². The Kier molecular flexibility index (Phi) is 5.06. The Labute approximate surface area is 179 Å². The monoisotopic (exact) mass is 419 g/mol. The van der Waals surface area contributed by atoms with Gasteiger partial charge in [0.15, 0.2) is 0 Å². The number of H-pyrrole nitrogens is 1. The second kappa shape index (κ2) is 8.00. The second-order valence-corrected chi connectivity index (χ2v) is 8.31. The number of aromatic amines is 1. The number of allylic oxidation sites excluding steroid dienone is 1. The number of ether oxygens (including phenoxy) is 1. The third kappa shape index (κ3) is 3.61. The Bertz CT molecular complexity index is 1200. The first-order valence-corrected chi connectivity index (χ1v) is 10.7. The normalized spacial score (nSPS) is 22.5. The maximum Gasteiger partial charge on any atom is 0.121 e. The molecule has 0 amide bonds. The predicted octanol–water partition coefficient (Wildman–Crippen LogP) is 2.87. The molecule has 0 spiro atoms. The minimum absolute atomic E-state index is 0.166. The summed E-state index contributed by atoms with van der Waals surface area (Å²) in [6.45, 7) is 1.27. The minimum Gasteiger partial charge on any atom is -0.490 e. The fourth-order valence-corrected chi connectivity index (χ4v) is 4.67. The molecule has 0 bridgehead atoms. The quantitative estimate of drug-likeness (QED) is 0.802. The molecule has 0 unspecified atom stereocenters. The minimum atomic E-state index is 0.166. The van der Waals surface area contributed by atoms with E-state index in [9.17, 15) is 0 Å². The summed E-state index contributed by atoms with van der Waals surface area (Å²) in [5.41, 5.74) is 7.18. The van der Waals surface area contributed by atoms with E-state index in [4.69, 9.17) is 26.6 Å². The topological polar surface area (TPSA) is 85.6 Å². The highest BCUT2D eigenvalue weighted by atomic mass is 35.5. The molecule has 0 atom stereocenters. The molecule has 3 aliphatic rings. The van der Waals surface area contributed by atoms with E-state index in [1.54, 1.807) is 12.1 Å². The highest BCUT2D eigenvalue weighted by Gasteiger charge is 2.30. The molecule has 1 aliphatic carbocycles. The maximum atomic E-state index is 9.07. The number of nitriles is 1. The van der Waals surface area contributed by atoms with Crippen molar-refractivity contribution in [2.24, 2.45) is 16.0 Å². The second-order valence-electron chi connectivity index (χ2n) is 7.88. The van der Waals surface area contributed by atoms with Gasteiger partial charge in [-0.15, -0.1) is 0 Å². The molecule has 1 saturated carbocycles. The Morgan fingerprint density at radius 2 is 2.07 bits per heavy atom. The van der Waals surface area contributed by atoms with Crippen LogP contribution < -0.4 is 20.9 Å². The molecular formula is C23H22ClN5O. The summed E-state index contributed by atoms with van der Waals surface area (Å²) in [6.07, 6.45) is 7.97. The van der Waals surface area contributed by atoms with E-state index in [0.717, 1.165) is 53.5 Å². The Balaban J connectivity index is 1.32. The molecule has 2 aromatic rings. The molecule has 152 valence electrons. The molecule has 6 nitrogen and oxygen atoms in total. The number of fused-ring (bicyclic) bond motifs is 3. The number of hydrazone groups is 1. The van der Waals surface area contributed by atoms with Crippen molar-refractivity contribution in [3.63, 3.8) is 0 Å². The van der Waals surface area contributed by atoms with Gasteiger partial charge >= 0.3 is 0 Å². The molecule has 2 aliphatic heterocycles. The van der Waals surface area contributed by atoms with Crippen molar-refractivity contribution in [3.05, 3.63) is 62.9 Å². The summed E-state index contributed by atoms with van der Waals surface area (Å²) >= 11 is 6.25. The van der Waals surface area contributed by atoms with Crippen LogP contribution in [-0.2, 0) is 6.54 Å². The summed E-state index contributed by atoms with van der Waals surface area (Å²) < 4.78 is 6.14. The van der Waals surface area contributed by atoms with Gasteiger partial charge in [0, 0.05) is 16.5 Å². The van der Waals surface area contributed by atoms with Gasteiger partial charge in [0.25, 0.3) is 0 Å². The summed E-state index contributed by atoms with van der Waals surface area (Å²) in [7, 11) is 0. The van der Waals surface area contributed by atoms with Gasteiger partial charge in [-0.2, -0.15) is 10.4 Å². The highest BCUT2D eigenvalue weighted by molar-refractivity contribution is 6.34. The number of hydrogen-bond donors (Lipinski definition) is 2. The van der Waals surface area contributed by atoms with Crippen molar-refractivity contribution >= 4 is 23.4 Å². The van der Waals surface area contributed by atoms with Crippen LogP contribution in [0.1, 0.15) is 42.5 Å². The van der Waals surface area contributed by atoms with Gasteiger partial charge in [0.2, 0.25) is 0 Å². The molecule has 0 radical (unpaired) electrons. The molecule has 30 heavy (non-hydrogen) atoms. The lowest BCUT2D eigenvalue weighted by Crippen LogP contribution is -2.33. The van der Waals surface area contributed by atoms with Gasteiger partial charge in [-0.1, -0.05) is 17.7 Å². The van der Waals surface area contributed by atoms with Crippen LogP contribution in [-0.4, -0.2) is 23.3 Å². The Morgan fingerprint density at radius 3 is 2.90 bits per heavy atom. The molecule has 1 aromatic carbocycles. The van der Waals surface area contributed by atoms with Gasteiger partial charge in [0.05, 0.1) is 52.9 Å². The first kappa shape index (κ1) is 19.0. The first-order valence-electron chi connectivity index (χ1n) is 10.3. The van der Waals surface area contributed by atoms with Crippen molar-refractivity contribution < 1.29 is 4.74 Å². The molecule has 2 N–H and O–H groups in total. The van der Waals surface area contributed by atoms with Crippen LogP contribution in [0.5, 0.6) is 5.75 Å². The lowest BCUT2D eigenvalue weighted by atomic mass is 9.82. The van der Waals surface area contributed by atoms with E-state index in [0.29, 0.717) is 29.6 Å². The number of nitrogens with one attached hydrogen (secondary N) is 2. The van der Waals surface area contributed by atoms with Crippen molar-refractivity contribution in [1.82, 2.24) is 10.4 Å². The fraction of sp³-hybridized carbons (Fsp3) is 0.348. The van der Waals surface area contributed by atoms with Gasteiger partial charge in [-0.05, 0) is 56.0 Å². The summed E-state index contributed by atoms with van der Waals surface area (Å²) in [5, 5.41) is 16.4. The Hall–Kier alpha value is -3.04. The molecule has 1 aromatic heterocycles. The maximum absolute atomic E-state index is 9.07. The van der Waals surface area contributed by atoms with E-state index >= 15 is 0 Å². The van der Waals surface area contributed by atoms with Crippen LogP contribution >= 0.6 is 11.6 Å². The van der Waals surface area contributed by atoms with Crippen LogP contribution in [0.2, 0.25) is 0 Å². The van der Waals surface area contributed by atoms with Gasteiger partial charge < -0.3 is 15.1 Å². The van der Waals surface area contributed by atoms with Crippen molar-refractivity contribution in [1.29, 1.82) is 5.26 Å².